The Kier molecular flexibility index (Phi) is 3.62. The highest BCUT2D eigenvalue weighted by Crippen LogP contribution is 2.29. The Morgan fingerprint density at radius 1 is 1.55 bits per heavy atom. The van der Waals surface area contributed by atoms with Crippen molar-refractivity contribution < 1.29 is 13.9 Å². The molecule has 1 aliphatic rings. The molecule has 0 saturated carbocycles. The molecule has 0 radical (unpaired) electrons. The second-order valence-electron chi connectivity index (χ2n) is 5.11. The summed E-state index contributed by atoms with van der Waals surface area (Å²) >= 11 is 0. The minimum Gasteiger partial charge on any atom is -0.480 e. The zero-order valence-corrected chi connectivity index (χ0v) is 12.0. The van der Waals surface area contributed by atoms with Crippen LogP contribution in [0.4, 0.5) is 10.2 Å². The quantitative estimate of drug-likeness (QED) is 0.887. The van der Waals surface area contributed by atoms with Gasteiger partial charge in [-0.15, -0.1) is 0 Å². The minimum absolute atomic E-state index is 0.218. The molecule has 1 atom stereocenters. The highest BCUT2D eigenvalue weighted by molar-refractivity contribution is 5.82. The smallest absolute Gasteiger partial charge is 0.261 e. The molecule has 0 aliphatic carbocycles. The number of hydrogen-bond acceptors (Lipinski definition) is 5. The Hall–Kier alpha value is -2.70. The third-order valence-electron chi connectivity index (χ3n) is 3.46. The largest absolute Gasteiger partial charge is 0.480 e. The van der Waals surface area contributed by atoms with Gasteiger partial charge in [-0.05, 0) is 25.1 Å². The van der Waals surface area contributed by atoms with E-state index in [4.69, 9.17) is 10.5 Å². The summed E-state index contributed by atoms with van der Waals surface area (Å²) in [4.78, 5) is 20.2. The van der Waals surface area contributed by atoms with Gasteiger partial charge in [-0.3, -0.25) is 4.79 Å². The van der Waals surface area contributed by atoms with Crippen LogP contribution in [0.25, 0.3) is 0 Å². The molecule has 3 N–H and O–H groups in total. The van der Waals surface area contributed by atoms with E-state index in [9.17, 15) is 9.18 Å². The second kappa shape index (κ2) is 5.59. The molecule has 0 saturated heterocycles. The second-order valence-corrected chi connectivity index (χ2v) is 5.11. The topological polar surface area (TPSA) is 90.1 Å². The summed E-state index contributed by atoms with van der Waals surface area (Å²) < 4.78 is 18.7. The Morgan fingerprint density at radius 3 is 3.14 bits per heavy atom. The van der Waals surface area contributed by atoms with Crippen LogP contribution < -0.4 is 15.8 Å². The zero-order valence-electron chi connectivity index (χ0n) is 12.0. The van der Waals surface area contributed by atoms with Crippen molar-refractivity contribution in [2.45, 2.75) is 26.0 Å². The number of hydrogen-bond donors (Lipinski definition) is 2. The molecular weight excluding hydrogens is 287 g/mol. The molecule has 3 rings (SSSR count). The average molecular weight is 302 g/mol. The number of benzene rings is 1. The lowest BCUT2D eigenvalue weighted by Gasteiger charge is -2.12. The fourth-order valence-electron chi connectivity index (χ4n) is 2.31. The normalized spacial score (nSPS) is 16.0. The number of rotatable bonds is 3. The molecule has 0 fully saturated rings. The highest BCUT2D eigenvalue weighted by Gasteiger charge is 2.29. The van der Waals surface area contributed by atoms with Gasteiger partial charge in [0, 0.05) is 30.3 Å². The van der Waals surface area contributed by atoms with Crippen molar-refractivity contribution in [3.05, 3.63) is 47.2 Å². The first-order valence-corrected chi connectivity index (χ1v) is 6.83. The Balaban J connectivity index is 1.62. The summed E-state index contributed by atoms with van der Waals surface area (Å²) in [5.74, 6) is 0.832. The van der Waals surface area contributed by atoms with Crippen molar-refractivity contribution in [1.82, 2.24) is 15.3 Å². The van der Waals surface area contributed by atoms with Crippen LogP contribution in [0.1, 0.15) is 17.0 Å². The molecule has 1 aliphatic heterocycles. The minimum atomic E-state index is -0.663. The van der Waals surface area contributed by atoms with Gasteiger partial charge in [0.2, 0.25) is 0 Å². The summed E-state index contributed by atoms with van der Waals surface area (Å²) in [6.45, 7) is 1.96. The van der Waals surface area contributed by atoms with E-state index in [1.54, 1.807) is 13.1 Å². The number of nitrogen functional groups attached to an aromatic ring is 1. The lowest BCUT2D eigenvalue weighted by Crippen LogP contribution is -2.37. The van der Waals surface area contributed by atoms with Gasteiger partial charge in [0.1, 0.15) is 23.2 Å². The highest BCUT2D eigenvalue weighted by atomic mass is 19.1. The van der Waals surface area contributed by atoms with E-state index in [1.807, 2.05) is 0 Å². The van der Waals surface area contributed by atoms with Crippen molar-refractivity contribution in [3.8, 4) is 5.75 Å². The van der Waals surface area contributed by atoms with Crippen molar-refractivity contribution in [3.63, 3.8) is 0 Å². The van der Waals surface area contributed by atoms with Crippen LogP contribution >= 0.6 is 0 Å². The number of halogens is 1. The van der Waals surface area contributed by atoms with Gasteiger partial charge in [0.05, 0.1) is 0 Å². The number of carbonyl (C=O) groups excluding carboxylic acids is 1. The van der Waals surface area contributed by atoms with Crippen LogP contribution in [0.5, 0.6) is 5.75 Å². The van der Waals surface area contributed by atoms with Gasteiger partial charge in [0.25, 0.3) is 5.91 Å². The molecule has 2 heterocycles. The maximum Gasteiger partial charge on any atom is 0.261 e. The van der Waals surface area contributed by atoms with E-state index in [-0.39, 0.29) is 18.3 Å². The van der Waals surface area contributed by atoms with E-state index in [0.717, 1.165) is 0 Å². The molecule has 0 bridgehead atoms. The van der Waals surface area contributed by atoms with Gasteiger partial charge < -0.3 is 15.8 Å². The summed E-state index contributed by atoms with van der Waals surface area (Å²) in [5.41, 5.74) is 7.10. The summed E-state index contributed by atoms with van der Waals surface area (Å²) in [6.07, 6.45) is 1.26. The molecule has 1 aromatic heterocycles. The van der Waals surface area contributed by atoms with Crippen LogP contribution in [0.2, 0.25) is 0 Å². The fraction of sp³-hybridized carbons (Fsp3) is 0.267. The van der Waals surface area contributed by atoms with E-state index in [1.165, 1.54) is 18.2 Å². The zero-order chi connectivity index (χ0) is 15.7. The van der Waals surface area contributed by atoms with Gasteiger partial charge >= 0.3 is 0 Å². The number of amides is 1. The van der Waals surface area contributed by atoms with Crippen LogP contribution in [-0.2, 0) is 17.8 Å². The van der Waals surface area contributed by atoms with Crippen LogP contribution in [-0.4, -0.2) is 22.0 Å². The van der Waals surface area contributed by atoms with Crippen LogP contribution in [0.3, 0.4) is 0 Å². The van der Waals surface area contributed by atoms with E-state index >= 15 is 0 Å². The summed E-state index contributed by atoms with van der Waals surface area (Å²) in [5, 5.41) is 2.73. The number of carbonyl (C=O) groups is 1. The van der Waals surface area contributed by atoms with Gasteiger partial charge in [-0.25, -0.2) is 14.4 Å². The summed E-state index contributed by atoms with van der Waals surface area (Å²) in [6, 6.07) is 4.22. The Labute approximate surface area is 126 Å². The van der Waals surface area contributed by atoms with E-state index in [2.05, 4.69) is 15.3 Å². The predicted octanol–water partition coefficient (Wildman–Crippen LogP) is 1.13. The molecule has 114 valence electrons. The van der Waals surface area contributed by atoms with Crippen molar-refractivity contribution in [1.29, 1.82) is 0 Å². The average Bonchev–Trinajstić information content (AvgIpc) is 2.89. The number of aryl methyl sites for hydroxylation is 1. The number of aromatic nitrogens is 2. The molecule has 7 heteroatoms. The van der Waals surface area contributed by atoms with Gasteiger partial charge in [-0.1, -0.05) is 0 Å². The first kappa shape index (κ1) is 14.2. The monoisotopic (exact) mass is 302 g/mol. The maximum absolute atomic E-state index is 13.2. The lowest BCUT2D eigenvalue weighted by atomic mass is 10.1. The standard InChI is InChI=1S/C15H15FN4O2/c1-8-18-6-10(14(17)20-8)7-19-15(21)13-5-9-4-11(16)2-3-12(9)22-13/h2-4,6,13H,5,7H2,1H3,(H,19,21)(H2,17,18,20)/t13-/m0/s1. The maximum atomic E-state index is 13.2. The lowest BCUT2D eigenvalue weighted by molar-refractivity contribution is -0.127. The molecule has 0 unspecified atom stereocenters. The first-order chi connectivity index (χ1) is 10.5. The molecule has 1 amide bonds. The number of ether oxygens (including phenoxy) is 1. The van der Waals surface area contributed by atoms with Crippen molar-refractivity contribution >= 4 is 11.7 Å². The summed E-state index contributed by atoms with van der Waals surface area (Å²) in [7, 11) is 0. The number of anilines is 1. The van der Waals surface area contributed by atoms with E-state index < -0.39 is 6.10 Å². The number of fused-ring (bicyclic) bond motifs is 1. The van der Waals surface area contributed by atoms with Gasteiger partial charge in [0.15, 0.2) is 6.10 Å². The predicted molar refractivity (Wildman–Crippen MR) is 77.5 cm³/mol. The Bertz CT molecular complexity index is 735. The molecule has 1 aromatic carbocycles. The van der Waals surface area contributed by atoms with E-state index in [0.29, 0.717) is 34.9 Å². The van der Waals surface area contributed by atoms with Gasteiger partial charge in [-0.2, -0.15) is 0 Å². The molecule has 22 heavy (non-hydrogen) atoms. The molecule has 6 nitrogen and oxygen atoms in total. The molecule has 2 aromatic rings. The fourth-order valence-corrected chi connectivity index (χ4v) is 2.31. The number of nitrogens with one attached hydrogen (secondary N) is 1. The molecular formula is C15H15FN4O2. The van der Waals surface area contributed by atoms with Crippen molar-refractivity contribution in [2.75, 3.05) is 5.73 Å². The van der Waals surface area contributed by atoms with Crippen LogP contribution in [0, 0.1) is 12.7 Å². The third kappa shape index (κ3) is 2.83. The van der Waals surface area contributed by atoms with Crippen LogP contribution in [0.15, 0.2) is 24.4 Å². The first-order valence-electron chi connectivity index (χ1n) is 6.83. The number of nitrogens with two attached hydrogens (primary N) is 1. The Morgan fingerprint density at radius 2 is 2.36 bits per heavy atom. The molecule has 0 spiro atoms. The number of nitrogens with zero attached hydrogens (tertiary/aromatic N) is 2. The SMILES string of the molecule is Cc1ncc(CNC(=O)[C@@H]2Cc3cc(F)ccc3O2)c(N)n1. The van der Waals surface area contributed by atoms with Crippen molar-refractivity contribution in [2.24, 2.45) is 0 Å². The third-order valence-corrected chi connectivity index (χ3v) is 3.46.